The van der Waals surface area contributed by atoms with Crippen molar-refractivity contribution in [2.24, 2.45) is 11.8 Å². The number of aryl methyl sites for hydroxylation is 1. The maximum atomic E-state index is 13.0. The lowest BCUT2D eigenvalue weighted by Crippen LogP contribution is -2.43. The second-order valence-corrected chi connectivity index (χ2v) is 9.44. The van der Waals surface area contributed by atoms with Gasteiger partial charge in [0, 0.05) is 71.5 Å². The molecular formula is C24H34N4O3. The van der Waals surface area contributed by atoms with Gasteiger partial charge in [-0.25, -0.2) is 4.79 Å². The summed E-state index contributed by atoms with van der Waals surface area (Å²) in [6.07, 6.45) is 2.99. The largest absolute Gasteiger partial charge is 0.342 e. The van der Waals surface area contributed by atoms with Crippen LogP contribution in [0.5, 0.6) is 0 Å². The van der Waals surface area contributed by atoms with Crippen LogP contribution in [0.25, 0.3) is 0 Å². The van der Waals surface area contributed by atoms with Crippen LogP contribution < -0.4 is 0 Å². The third-order valence-electron chi connectivity index (χ3n) is 7.17. The maximum Gasteiger partial charge on any atom is 0.320 e. The first kappa shape index (κ1) is 21.7. The van der Waals surface area contributed by atoms with Crippen molar-refractivity contribution in [3.63, 3.8) is 0 Å². The molecule has 0 N–H and O–H groups in total. The molecule has 7 nitrogen and oxygen atoms in total. The number of urea groups is 1. The molecule has 0 bridgehead atoms. The van der Waals surface area contributed by atoms with E-state index in [4.69, 9.17) is 0 Å². The number of benzene rings is 1. The van der Waals surface area contributed by atoms with Crippen LogP contribution in [0.1, 0.15) is 42.9 Å². The average molecular weight is 427 g/mol. The minimum Gasteiger partial charge on any atom is -0.342 e. The first-order chi connectivity index (χ1) is 14.9. The zero-order valence-corrected chi connectivity index (χ0v) is 18.9. The zero-order chi connectivity index (χ0) is 22.1. The van der Waals surface area contributed by atoms with E-state index in [-0.39, 0.29) is 35.7 Å². The molecule has 3 aliphatic heterocycles. The van der Waals surface area contributed by atoms with Crippen molar-refractivity contribution >= 4 is 17.8 Å². The summed E-state index contributed by atoms with van der Waals surface area (Å²) >= 11 is 0. The average Bonchev–Trinajstić information content (AvgIpc) is 3.31. The van der Waals surface area contributed by atoms with Gasteiger partial charge in [-0.15, -0.1) is 0 Å². The van der Waals surface area contributed by atoms with E-state index in [1.807, 2.05) is 26.8 Å². The predicted molar refractivity (Wildman–Crippen MR) is 118 cm³/mol. The fourth-order valence-electron chi connectivity index (χ4n) is 5.51. The molecule has 3 heterocycles. The molecule has 4 rings (SSSR count). The number of nitrogens with zero attached hydrogens (tertiary/aromatic N) is 4. The minimum absolute atomic E-state index is 0.0115. The van der Waals surface area contributed by atoms with Gasteiger partial charge in [0.2, 0.25) is 11.8 Å². The highest BCUT2D eigenvalue weighted by molar-refractivity contribution is 5.80. The van der Waals surface area contributed by atoms with Crippen molar-refractivity contribution in [1.82, 2.24) is 19.6 Å². The van der Waals surface area contributed by atoms with Crippen molar-refractivity contribution in [3.8, 4) is 0 Å². The highest BCUT2D eigenvalue weighted by Gasteiger charge is 2.50. The number of carbonyl (C=O) groups is 3. The van der Waals surface area contributed by atoms with Crippen LogP contribution in [-0.4, -0.2) is 84.3 Å². The Morgan fingerprint density at radius 1 is 1.10 bits per heavy atom. The van der Waals surface area contributed by atoms with Crippen LogP contribution >= 0.6 is 0 Å². The van der Waals surface area contributed by atoms with Crippen LogP contribution in [0, 0.1) is 18.8 Å². The molecule has 7 heteroatoms. The van der Waals surface area contributed by atoms with Gasteiger partial charge in [-0.3, -0.25) is 9.59 Å². The molecular weight excluding hydrogens is 392 g/mol. The number of rotatable bonds is 4. The van der Waals surface area contributed by atoms with Gasteiger partial charge in [-0.05, 0) is 30.9 Å². The fourth-order valence-corrected chi connectivity index (χ4v) is 5.51. The molecule has 0 saturated carbocycles. The Kier molecular flexibility index (Phi) is 6.21. The summed E-state index contributed by atoms with van der Waals surface area (Å²) in [4.78, 5) is 45.4. The lowest BCUT2D eigenvalue weighted by atomic mass is 9.88. The van der Waals surface area contributed by atoms with Gasteiger partial charge in [0.05, 0.1) is 6.04 Å². The summed E-state index contributed by atoms with van der Waals surface area (Å²) in [5.41, 5.74) is 2.36. The molecule has 31 heavy (non-hydrogen) atoms. The molecule has 3 atom stereocenters. The molecule has 0 aromatic heterocycles. The molecule has 0 aliphatic carbocycles. The van der Waals surface area contributed by atoms with Crippen molar-refractivity contribution in [3.05, 3.63) is 35.4 Å². The van der Waals surface area contributed by atoms with E-state index < -0.39 is 0 Å². The molecule has 3 saturated heterocycles. The highest BCUT2D eigenvalue weighted by atomic mass is 16.2. The van der Waals surface area contributed by atoms with Gasteiger partial charge in [0.15, 0.2) is 0 Å². The number of likely N-dealkylation sites (tertiary alicyclic amines) is 3. The van der Waals surface area contributed by atoms with E-state index >= 15 is 0 Å². The second-order valence-electron chi connectivity index (χ2n) is 9.44. The van der Waals surface area contributed by atoms with Crippen molar-refractivity contribution < 1.29 is 14.4 Å². The van der Waals surface area contributed by atoms with E-state index in [1.54, 1.807) is 19.0 Å². The molecule has 0 unspecified atom stereocenters. The Balaban J connectivity index is 1.46. The summed E-state index contributed by atoms with van der Waals surface area (Å²) in [6.45, 7) is 5.43. The molecule has 3 aliphatic rings. The summed E-state index contributed by atoms with van der Waals surface area (Å²) in [5.74, 6) is 0.830. The van der Waals surface area contributed by atoms with E-state index in [1.165, 1.54) is 11.1 Å². The number of amides is 4. The number of piperidine rings is 1. The van der Waals surface area contributed by atoms with Gasteiger partial charge in [-0.2, -0.15) is 0 Å². The van der Waals surface area contributed by atoms with Gasteiger partial charge in [-0.1, -0.05) is 24.3 Å². The van der Waals surface area contributed by atoms with Gasteiger partial charge >= 0.3 is 6.03 Å². The monoisotopic (exact) mass is 426 g/mol. The Labute approximate surface area is 185 Å². The zero-order valence-electron chi connectivity index (χ0n) is 18.9. The van der Waals surface area contributed by atoms with E-state index in [2.05, 4.69) is 19.1 Å². The van der Waals surface area contributed by atoms with E-state index in [0.717, 1.165) is 19.4 Å². The van der Waals surface area contributed by atoms with E-state index in [9.17, 15) is 14.4 Å². The lowest BCUT2D eigenvalue weighted by Gasteiger charge is -2.33. The third-order valence-corrected chi connectivity index (χ3v) is 7.17. The number of hydrogen-bond acceptors (Lipinski definition) is 3. The lowest BCUT2D eigenvalue weighted by molar-refractivity contribution is -0.135. The molecule has 1 aromatic carbocycles. The van der Waals surface area contributed by atoms with Gasteiger partial charge in [0.1, 0.15) is 0 Å². The smallest absolute Gasteiger partial charge is 0.320 e. The Hall–Kier alpha value is -2.57. The van der Waals surface area contributed by atoms with Crippen molar-refractivity contribution in [2.75, 3.05) is 46.8 Å². The van der Waals surface area contributed by atoms with Crippen LogP contribution in [-0.2, 0) is 9.59 Å². The molecule has 168 valence electrons. The first-order valence-corrected chi connectivity index (χ1v) is 11.5. The summed E-state index contributed by atoms with van der Waals surface area (Å²) in [7, 11) is 3.59. The fraction of sp³-hybridized carbons (Fsp3) is 0.625. The second kappa shape index (κ2) is 8.89. The van der Waals surface area contributed by atoms with E-state index in [0.29, 0.717) is 39.0 Å². The summed E-state index contributed by atoms with van der Waals surface area (Å²) in [6, 6.07) is 8.28. The Morgan fingerprint density at radius 3 is 2.58 bits per heavy atom. The topological polar surface area (TPSA) is 64.2 Å². The van der Waals surface area contributed by atoms with Crippen LogP contribution in [0.2, 0.25) is 0 Å². The quantitative estimate of drug-likeness (QED) is 0.743. The number of hydrogen-bond donors (Lipinski definition) is 0. The predicted octanol–water partition coefficient (Wildman–Crippen LogP) is 2.51. The van der Waals surface area contributed by atoms with Crippen LogP contribution in [0.15, 0.2) is 24.3 Å². The highest BCUT2D eigenvalue weighted by Crippen LogP contribution is 2.46. The van der Waals surface area contributed by atoms with Crippen molar-refractivity contribution in [2.45, 2.75) is 38.6 Å². The van der Waals surface area contributed by atoms with Crippen LogP contribution in [0.4, 0.5) is 4.79 Å². The Bertz CT molecular complexity index is 855. The minimum atomic E-state index is -0.0115. The Morgan fingerprint density at radius 2 is 1.87 bits per heavy atom. The SMILES string of the molecule is Cc1ccccc1[C@H]1[C@@H]2CN(C(=O)CCN3CCCCC3=O)C[C@@H]2CN1C(=O)N(C)C. The molecule has 4 amide bonds. The number of carbonyl (C=O) groups excluding carboxylic acids is 3. The summed E-state index contributed by atoms with van der Waals surface area (Å²) in [5, 5.41) is 0. The standard InChI is InChI=1S/C24H34N4O3/c1-17-8-4-5-9-19(17)23-20-16-27(14-18(20)15-28(23)24(31)25(2)3)22(30)11-13-26-12-7-6-10-21(26)29/h4-5,8-9,18,20,23H,6-7,10-16H2,1-3H3/t18-,20-,23+/m1/s1. The summed E-state index contributed by atoms with van der Waals surface area (Å²) < 4.78 is 0. The number of fused-ring (bicyclic) bond motifs is 1. The maximum absolute atomic E-state index is 13.0. The molecule has 1 aromatic rings. The third kappa shape index (κ3) is 4.27. The normalized spacial score (nSPS) is 25.7. The molecule has 3 fully saturated rings. The molecule has 0 radical (unpaired) electrons. The first-order valence-electron chi connectivity index (χ1n) is 11.5. The van der Waals surface area contributed by atoms with Gasteiger partial charge < -0.3 is 19.6 Å². The molecule has 0 spiro atoms. The van der Waals surface area contributed by atoms with Crippen molar-refractivity contribution in [1.29, 1.82) is 0 Å². The van der Waals surface area contributed by atoms with Crippen LogP contribution in [0.3, 0.4) is 0 Å². The van der Waals surface area contributed by atoms with Gasteiger partial charge in [0.25, 0.3) is 0 Å².